The van der Waals surface area contributed by atoms with E-state index >= 15 is 0 Å². The molecule has 0 fully saturated rings. The summed E-state index contributed by atoms with van der Waals surface area (Å²) in [5.41, 5.74) is 0. The Morgan fingerprint density at radius 1 is 0.408 bits per heavy atom. The van der Waals surface area contributed by atoms with E-state index < -0.39 is 6.10 Å². The number of hydrogen-bond donors (Lipinski definition) is 0. The van der Waals surface area contributed by atoms with Crippen LogP contribution in [0.1, 0.15) is 213 Å². The minimum atomic E-state index is -0.783. The zero-order valence-electron chi connectivity index (χ0n) is 32.5. The van der Waals surface area contributed by atoms with Crippen LogP contribution in [-0.4, -0.2) is 37.2 Å². The van der Waals surface area contributed by atoms with Crippen molar-refractivity contribution in [3.05, 3.63) is 24.3 Å². The van der Waals surface area contributed by atoms with Gasteiger partial charge in [-0.15, -0.1) is 0 Å². The molecule has 0 aromatic carbocycles. The lowest BCUT2D eigenvalue weighted by atomic mass is 10.1. The Morgan fingerprint density at radius 3 is 1.24 bits per heavy atom. The average Bonchev–Trinajstić information content (AvgIpc) is 3.10. The second kappa shape index (κ2) is 38.7. The lowest BCUT2D eigenvalue weighted by Crippen LogP contribution is -2.30. The average molecular weight is 691 g/mol. The third-order valence-electron chi connectivity index (χ3n) is 8.97. The molecule has 286 valence electrons. The van der Waals surface area contributed by atoms with Gasteiger partial charge in [0.25, 0.3) is 0 Å². The van der Waals surface area contributed by atoms with E-state index in [9.17, 15) is 14.4 Å². The standard InChI is InChI=1S/C43H78O6/c1-4-7-10-13-16-19-20-21-22-25-27-30-33-36-42(45)48-39-40(49-43(46)37-34-31-28-24-18-15-12-9-6-3)38-47-41(44)35-32-29-26-23-17-14-11-8-5-2/h21-22,27,30,40H,4-20,23-26,28-29,31-39H2,1-3H3/b22-21-,30-27-. The number of ether oxygens (including phenoxy) is 3. The van der Waals surface area contributed by atoms with Crippen LogP contribution in [0.25, 0.3) is 0 Å². The van der Waals surface area contributed by atoms with Crippen molar-refractivity contribution >= 4 is 17.9 Å². The molecule has 0 rings (SSSR count). The first-order valence-corrected chi connectivity index (χ1v) is 20.8. The summed E-state index contributed by atoms with van der Waals surface area (Å²) in [5, 5.41) is 0. The van der Waals surface area contributed by atoms with Crippen LogP contribution in [0, 0.1) is 0 Å². The van der Waals surface area contributed by atoms with Crippen molar-refractivity contribution in [3.8, 4) is 0 Å². The largest absolute Gasteiger partial charge is 0.462 e. The van der Waals surface area contributed by atoms with E-state index in [0.717, 1.165) is 51.4 Å². The van der Waals surface area contributed by atoms with Gasteiger partial charge in [0, 0.05) is 19.3 Å². The molecule has 6 nitrogen and oxygen atoms in total. The smallest absolute Gasteiger partial charge is 0.306 e. The molecule has 49 heavy (non-hydrogen) atoms. The molecule has 0 amide bonds. The summed E-state index contributed by atoms with van der Waals surface area (Å²) < 4.78 is 16.5. The topological polar surface area (TPSA) is 78.9 Å². The van der Waals surface area contributed by atoms with Gasteiger partial charge in [-0.2, -0.15) is 0 Å². The van der Waals surface area contributed by atoms with Crippen molar-refractivity contribution in [1.82, 2.24) is 0 Å². The maximum atomic E-state index is 12.6. The third kappa shape index (κ3) is 37.0. The Labute approximate surface area is 303 Å². The first-order chi connectivity index (χ1) is 24.0. The molecule has 0 aliphatic carbocycles. The van der Waals surface area contributed by atoms with Crippen LogP contribution in [0.2, 0.25) is 0 Å². The predicted octanol–water partition coefficient (Wildman–Crippen LogP) is 12.9. The predicted molar refractivity (Wildman–Crippen MR) is 206 cm³/mol. The molecule has 0 radical (unpaired) electrons. The number of unbranched alkanes of at least 4 members (excludes halogenated alkanes) is 22. The maximum Gasteiger partial charge on any atom is 0.306 e. The van der Waals surface area contributed by atoms with Crippen molar-refractivity contribution in [3.63, 3.8) is 0 Å². The van der Waals surface area contributed by atoms with E-state index in [1.54, 1.807) is 0 Å². The number of carbonyl (C=O) groups is 3. The summed E-state index contributed by atoms with van der Waals surface area (Å²) in [6.45, 7) is 6.52. The third-order valence-corrected chi connectivity index (χ3v) is 8.97. The van der Waals surface area contributed by atoms with Crippen molar-refractivity contribution < 1.29 is 28.6 Å². The second-order valence-corrected chi connectivity index (χ2v) is 13.9. The van der Waals surface area contributed by atoms with Gasteiger partial charge in [0.15, 0.2) is 6.10 Å². The van der Waals surface area contributed by atoms with Crippen LogP contribution < -0.4 is 0 Å². The zero-order chi connectivity index (χ0) is 35.9. The summed E-state index contributed by atoms with van der Waals surface area (Å²) in [5.74, 6) is -0.962. The Hall–Kier alpha value is -2.11. The first kappa shape index (κ1) is 46.9. The second-order valence-electron chi connectivity index (χ2n) is 13.9. The fourth-order valence-corrected chi connectivity index (χ4v) is 5.79. The fraction of sp³-hybridized carbons (Fsp3) is 0.837. The van der Waals surface area contributed by atoms with Crippen molar-refractivity contribution in [2.45, 2.75) is 219 Å². The van der Waals surface area contributed by atoms with Gasteiger partial charge in [-0.1, -0.05) is 180 Å². The number of allylic oxidation sites excluding steroid dienone is 4. The Kier molecular flexibility index (Phi) is 37.0. The minimum absolute atomic E-state index is 0.0853. The summed E-state index contributed by atoms with van der Waals surface area (Å²) in [7, 11) is 0. The monoisotopic (exact) mass is 691 g/mol. The van der Waals surface area contributed by atoms with Gasteiger partial charge >= 0.3 is 17.9 Å². The minimum Gasteiger partial charge on any atom is -0.462 e. The van der Waals surface area contributed by atoms with Crippen molar-refractivity contribution in [2.75, 3.05) is 13.2 Å². The van der Waals surface area contributed by atoms with Gasteiger partial charge in [-0.05, 0) is 38.5 Å². The van der Waals surface area contributed by atoms with Crippen LogP contribution in [0.4, 0.5) is 0 Å². The number of carbonyl (C=O) groups excluding carboxylic acids is 3. The molecule has 0 aromatic heterocycles. The lowest BCUT2D eigenvalue weighted by molar-refractivity contribution is -0.166. The van der Waals surface area contributed by atoms with Gasteiger partial charge in [0.05, 0.1) is 0 Å². The molecular formula is C43H78O6. The SMILES string of the molecule is CCCCCCCC/C=C\C/C=C\CCC(=O)OCC(COC(=O)CCCCCCCCCCC)OC(=O)CCCCCCCCCCC. The van der Waals surface area contributed by atoms with Crippen LogP contribution in [-0.2, 0) is 28.6 Å². The molecule has 0 aromatic rings. The maximum absolute atomic E-state index is 12.6. The molecule has 1 unspecified atom stereocenters. The Balaban J connectivity index is 4.41. The normalized spacial score (nSPS) is 12.1. The van der Waals surface area contributed by atoms with E-state index in [0.29, 0.717) is 19.3 Å². The van der Waals surface area contributed by atoms with Crippen LogP contribution in [0.3, 0.4) is 0 Å². The van der Waals surface area contributed by atoms with Crippen LogP contribution >= 0.6 is 0 Å². The van der Waals surface area contributed by atoms with Crippen LogP contribution in [0.15, 0.2) is 24.3 Å². The van der Waals surface area contributed by atoms with Gasteiger partial charge < -0.3 is 14.2 Å². The molecule has 0 heterocycles. The molecule has 0 N–H and O–H groups in total. The van der Waals surface area contributed by atoms with E-state index in [1.807, 2.05) is 6.08 Å². The molecule has 0 aliphatic heterocycles. The van der Waals surface area contributed by atoms with Gasteiger partial charge in [0.1, 0.15) is 13.2 Å². The highest BCUT2D eigenvalue weighted by atomic mass is 16.6. The Morgan fingerprint density at radius 2 is 0.776 bits per heavy atom. The first-order valence-electron chi connectivity index (χ1n) is 20.8. The van der Waals surface area contributed by atoms with Crippen molar-refractivity contribution in [2.24, 2.45) is 0 Å². The van der Waals surface area contributed by atoms with Crippen molar-refractivity contribution in [1.29, 1.82) is 0 Å². The van der Waals surface area contributed by atoms with Crippen LogP contribution in [0.5, 0.6) is 0 Å². The summed E-state index contributed by atoms with van der Waals surface area (Å²) in [6, 6.07) is 0. The molecule has 0 saturated heterocycles. The highest BCUT2D eigenvalue weighted by Gasteiger charge is 2.19. The summed E-state index contributed by atoms with van der Waals surface area (Å²) in [6.07, 6.45) is 40.3. The fourth-order valence-electron chi connectivity index (χ4n) is 5.79. The number of esters is 3. The highest BCUT2D eigenvalue weighted by molar-refractivity contribution is 5.71. The summed E-state index contributed by atoms with van der Waals surface area (Å²) in [4.78, 5) is 37.4. The summed E-state index contributed by atoms with van der Waals surface area (Å²) >= 11 is 0. The van der Waals surface area contributed by atoms with E-state index in [4.69, 9.17) is 14.2 Å². The van der Waals surface area contributed by atoms with E-state index in [1.165, 1.54) is 116 Å². The van der Waals surface area contributed by atoms with Gasteiger partial charge in [-0.25, -0.2) is 0 Å². The highest BCUT2D eigenvalue weighted by Crippen LogP contribution is 2.13. The number of hydrogen-bond acceptors (Lipinski definition) is 6. The molecular weight excluding hydrogens is 612 g/mol. The van der Waals surface area contributed by atoms with Gasteiger partial charge in [0.2, 0.25) is 0 Å². The molecule has 0 bridgehead atoms. The molecule has 1 atom stereocenters. The zero-order valence-corrected chi connectivity index (χ0v) is 32.5. The number of rotatable bonds is 37. The lowest BCUT2D eigenvalue weighted by Gasteiger charge is -2.18. The molecule has 0 spiro atoms. The van der Waals surface area contributed by atoms with Gasteiger partial charge in [-0.3, -0.25) is 14.4 Å². The Bertz CT molecular complexity index is 804. The molecule has 6 heteroatoms. The van der Waals surface area contributed by atoms with E-state index in [2.05, 4.69) is 39.0 Å². The molecule has 0 saturated carbocycles. The quantitative estimate of drug-likeness (QED) is 0.0279. The molecule has 0 aliphatic rings. The van der Waals surface area contributed by atoms with E-state index in [-0.39, 0.29) is 37.5 Å².